The molecular weight excluding hydrogens is 192 g/mol. The van der Waals surface area contributed by atoms with Gasteiger partial charge in [0.15, 0.2) is 0 Å². The summed E-state index contributed by atoms with van der Waals surface area (Å²) < 4.78 is 5.03. The minimum atomic E-state index is -0.273. The minimum absolute atomic E-state index is 0.175. The summed E-state index contributed by atoms with van der Waals surface area (Å²) in [6.45, 7) is 4.42. The second kappa shape index (κ2) is 3.88. The topological polar surface area (TPSA) is 42.4 Å². The summed E-state index contributed by atoms with van der Waals surface area (Å²) >= 11 is 0. The van der Waals surface area contributed by atoms with Crippen LogP contribution in [-0.2, 0) is 4.74 Å². The van der Waals surface area contributed by atoms with E-state index in [0.717, 1.165) is 17.8 Å². The van der Waals surface area contributed by atoms with Gasteiger partial charge < -0.3 is 4.74 Å². The first-order chi connectivity index (χ1) is 7.20. The minimum Gasteiger partial charge on any atom is -0.449 e. The molecule has 1 atom stereocenters. The van der Waals surface area contributed by atoms with Gasteiger partial charge in [0.1, 0.15) is 0 Å². The van der Waals surface area contributed by atoms with Crippen molar-refractivity contribution in [1.82, 2.24) is 4.98 Å². The third-order valence-corrected chi connectivity index (χ3v) is 2.64. The maximum absolute atomic E-state index is 11.6. The molecule has 1 unspecified atom stereocenters. The summed E-state index contributed by atoms with van der Waals surface area (Å²) in [6, 6.07) is 3.90. The van der Waals surface area contributed by atoms with Gasteiger partial charge in [-0.05, 0) is 26.0 Å². The van der Waals surface area contributed by atoms with Gasteiger partial charge in [-0.15, -0.1) is 0 Å². The number of hydrogen-bond donors (Lipinski definition) is 0. The number of cyclic esters (lactones) is 1. The van der Waals surface area contributed by atoms with Crippen molar-refractivity contribution in [3.8, 4) is 0 Å². The molecule has 1 aromatic heterocycles. The number of aryl methyl sites for hydroxylation is 1. The molecule has 80 valence electrons. The van der Waals surface area contributed by atoms with Crippen molar-refractivity contribution >= 4 is 11.8 Å². The third kappa shape index (κ3) is 1.79. The summed E-state index contributed by atoms with van der Waals surface area (Å²) in [5.74, 6) is 0. The number of pyridine rings is 1. The van der Waals surface area contributed by atoms with E-state index >= 15 is 0 Å². The highest BCUT2D eigenvalue weighted by molar-refractivity contribution is 5.89. The van der Waals surface area contributed by atoms with Crippen LogP contribution in [0.4, 0.5) is 10.5 Å². The van der Waals surface area contributed by atoms with E-state index < -0.39 is 0 Å². The fraction of sp³-hybridized carbons (Fsp3) is 0.455. The summed E-state index contributed by atoms with van der Waals surface area (Å²) in [7, 11) is 0. The molecule has 0 bridgehead atoms. The summed E-state index contributed by atoms with van der Waals surface area (Å²) in [6.07, 6.45) is 2.31. The Kier molecular flexibility index (Phi) is 2.58. The number of rotatable bonds is 1. The van der Waals surface area contributed by atoms with Crippen LogP contribution in [0.3, 0.4) is 0 Å². The van der Waals surface area contributed by atoms with Gasteiger partial charge in [0.25, 0.3) is 0 Å². The zero-order valence-electron chi connectivity index (χ0n) is 8.93. The van der Waals surface area contributed by atoms with Gasteiger partial charge in [-0.1, -0.05) is 0 Å². The molecule has 0 aliphatic carbocycles. The van der Waals surface area contributed by atoms with E-state index in [1.54, 1.807) is 11.1 Å². The molecule has 2 rings (SSSR count). The Morgan fingerprint density at radius 1 is 1.60 bits per heavy atom. The maximum atomic E-state index is 11.6. The predicted molar refractivity (Wildman–Crippen MR) is 56.9 cm³/mol. The zero-order valence-corrected chi connectivity index (χ0v) is 8.93. The smallest absolute Gasteiger partial charge is 0.414 e. The van der Waals surface area contributed by atoms with Gasteiger partial charge in [-0.2, -0.15) is 0 Å². The van der Waals surface area contributed by atoms with Crippen LogP contribution >= 0.6 is 0 Å². The molecule has 4 nitrogen and oxygen atoms in total. The molecule has 0 N–H and O–H groups in total. The first-order valence-electron chi connectivity index (χ1n) is 5.08. The summed E-state index contributed by atoms with van der Waals surface area (Å²) in [5.41, 5.74) is 1.69. The van der Waals surface area contributed by atoms with Gasteiger partial charge in [-0.3, -0.25) is 9.88 Å². The van der Waals surface area contributed by atoms with E-state index in [2.05, 4.69) is 4.98 Å². The Hall–Kier alpha value is -1.58. The predicted octanol–water partition coefficient (Wildman–Crippen LogP) is 2.13. The average Bonchev–Trinajstić information content (AvgIpc) is 2.20. The monoisotopic (exact) mass is 206 g/mol. The van der Waals surface area contributed by atoms with Gasteiger partial charge >= 0.3 is 6.09 Å². The fourth-order valence-corrected chi connectivity index (χ4v) is 1.76. The molecule has 0 spiro atoms. The van der Waals surface area contributed by atoms with E-state index in [1.807, 2.05) is 26.0 Å². The highest BCUT2D eigenvalue weighted by Gasteiger charge is 2.28. The number of hydrogen-bond acceptors (Lipinski definition) is 3. The van der Waals surface area contributed by atoms with Crippen molar-refractivity contribution in [2.45, 2.75) is 26.3 Å². The molecule has 2 heterocycles. The lowest BCUT2D eigenvalue weighted by Crippen LogP contribution is -2.44. The molecule has 4 heteroatoms. The lowest BCUT2D eigenvalue weighted by atomic mass is 10.1. The van der Waals surface area contributed by atoms with Crippen LogP contribution in [0, 0.1) is 6.92 Å². The lowest BCUT2D eigenvalue weighted by molar-refractivity contribution is 0.131. The van der Waals surface area contributed by atoms with Crippen molar-refractivity contribution in [2.24, 2.45) is 0 Å². The van der Waals surface area contributed by atoms with Gasteiger partial charge in [0.2, 0.25) is 0 Å². The molecule has 1 aliphatic rings. The first-order valence-corrected chi connectivity index (χ1v) is 5.08. The third-order valence-electron chi connectivity index (χ3n) is 2.64. The molecule has 1 saturated heterocycles. The molecule has 0 radical (unpaired) electrons. The molecule has 1 aromatic rings. The van der Waals surface area contributed by atoms with Crippen LogP contribution in [-0.4, -0.2) is 23.7 Å². The van der Waals surface area contributed by atoms with Crippen molar-refractivity contribution in [3.63, 3.8) is 0 Å². The molecular formula is C11H14N2O2. The number of carbonyl (C=O) groups is 1. The van der Waals surface area contributed by atoms with Crippen LogP contribution in [0.15, 0.2) is 18.3 Å². The Balaban J connectivity index is 2.36. The number of carbonyl (C=O) groups excluding carboxylic acids is 1. The van der Waals surface area contributed by atoms with Crippen LogP contribution in [0.2, 0.25) is 0 Å². The number of ether oxygens (including phenoxy) is 1. The number of anilines is 1. The van der Waals surface area contributed by atoms with Crippen molar-refractivity contribution in [3.05, 3.63) is 24.0 Å². The van der Waals surface area contributed by atoms with Gasteiger partial charge in [0.05, 0.1) is 18.0 Å². The van der Waals surface area contributed by atoms with Crippen molar-refractivity contribution < 1.29 is 9.53 Å². The molecule has 1 fully saturated rings. The molecule has 0 saturated carbocycles. The Labute approximate surface area is 88.9 Å². The van der Waals surface area contributed by atoms with Gasteiger partial charge in [-0.25, -0.2) is 4.79 Å². The highest BCUT2D eigenvalue weighted by atomic mass is 16.6. The lowest BCUT2D eigenvalue weighted by Gasteiger charge is -2.33. The fourth-order valence-electron chi connectivity index (χ4n) is 1.76. The number of amides is 1. The molecule has 1 amide bonds. The average molecular weight is 206 g/mol. The summed E-state index contributed by atoms with van der Waals surface area (Å²) in [4.78, 5) is 17.5. The molecule has 0 aromatic carbocycles. The van der Waals surface area contributed by atoms with Crippen molar-refractivity contribution in [2.75, 3.05) is 11.5 Å². The van der Waals surface area contributed by atoms with E-state index in [1.165, 1.54) is 0 Å². The zero-order chi connectivity index (χ0) is 10.8. The van der Waals surface area contributed by atoms with Gasteiger partial charge in [0, 0.05) is 18.7 Å². The van der Waals surface area contributed by atoms with Crippen LogP contribution in [0.1, 0.15) is 19.0 Å². The maximum Gasteiger partial charge on any atom is 0.414 e. The van der Waals surface area contributed by atoms with E-state index in [4.69, 9.17) is 4.74 Å². The highest BCUT2D eigenvalue weighted by Crippen LogP contribution is 2.24. The normalized spacial score (nSPS) is 21.3. The number of nitrogens with zero attached hydrogens (tertiary/aromatic N) is 2. The first kappa shape index (κ1) is 9.96. The Morgan fingerprint density at radius 3 is 3.07 bits per heavy atom. The number of aromatic nitrogens is 1. The Bertz CT molecular complexity index is 379. The second-order valence-electron chi connectivity index (χ2n) is 3.73. The molecule has 15 heavy (non-hydrogen) atoms. The largest absolute Gasteiger partial charge is 0.449 e. The van der Waals surface area contributed by atoms with E-state index in [-0.39, 0.29) is 12.1 Å². The van der Waals surface area contributed by atoms with E-state index in [9.17, 15) is 4.79 Å². The van der Waals surface area contributed by atoms with Crippen LogP contribution < -0.4 is 4.90 Å². The summed E-state index contributed by atoms with van der Waals surface area (Å²) in [5, 5.41) is 0. The van der Waals surface area contributed by atoms with E-state index in [0.29, 0.717) is 6.61 Å². The van der Waals surface area contributed by atoms with Crippen LogP contribution in [0.5, 0.6) is 0 Å². The Morgan fingerprint density at radius 2 is 2.40 bits per heavy atom. The SMILES string of the molecule is Cc1ncccc1N1C(=O)OCCC1C. The standard InChI is InChI=1S/C11H14N2O2/c1-8-5-7-15-11(14)13(8)10-4-3-6-12-9(10)2/h3-4,6,8H,5,7H2,1-2H3. The second-order valence-corrected chi connectivity index (χ2v) is 3.73. The quantitative estimate of drug-likeness (QED) is 0.706. The molecule has 1 aliphatic heterocycles. The van der Waals surface area contributed by atoms with Crippen molar-refractivity contribution in [1.29, 1.82) is 0 Å². The van der Waals surface area contributed by atoms with Crippen LogP contribution in [0.25, 0.3) is 0 Å².